The first-order valence-corrected chi connectivity index (χ1v) is 3.81. The van der Waals surface area contributed by atoms with Crippen molar-refractivity contribution in [3.63, 3.8) is 0 Å². The zero-order valence-electron chi connectivity index (χ0n) is 7.79. The predicted molar refractivity (Wildman–Crippen MR) is 51.0 cm³/mol. The van der Waals surface area contributed by atoms with Crippen molar-refractivity contribution in [2.24, 2.45) is 11.7 Å². The molecule has 1 atom stereocenters. The number of aliphatic hydroxyl groups is 1. The maximum atomic E-state index is 9.36. The summed E-state index contributed by atoms with van der Waals surface area (Å²) in [6, 6.07) is 0.111. The van der Waals surface area contributed by atoms with Gasteiger partial charge in [-0.1, -0.05) is 13.8 Å². The van der Waals surface area contributed by atoms with Gasteiger partial charge in [-0.2, -0.15) is 0 Å². The van der Waals surface area contributed by atoms with Gasteiger partial charge in [-0.3, -0.25) is 0 Å². The summed E-state index contributed by atoms with van der Waals surface area (Å²) >= 11 is 0. The van der Waals surface area contributed by atoms with E-state index in [-0.39, 0.29) is 18.4 Å². The van der Waals surface area contributed by atoms with Gasteiger partial charge < -0.3 is 10.8 Å². The van der Waals surface area contributed by atoms with Crippen LogP contribution in [0.3, 0.4) is 0 Å². The van der Waals surface area contributed by atoms with Gasteiger partial charge in [-0.25, -0.2) is 0 Å². The van der Waals surface area contributed by atoms with Crippen LogP contribution in [0.1, 0.15) is 34.1 Å². The minimum atomic E-state index is -0.621. The molecule has 70 valence electrons. The number of halogens is 1. The lowest BCUT2D eigenvalue weighted by Gasteiger charge is -2.24. The molecule has 3 N–H and O–H groups in total. The summed E-state index contributed by atoms with van der Waals surface area (Å²) < 4.78 is 0. The fraction of sp³-hybridized carbons (Fsp3) is 1.00. The maximum absolute atomic E-state index is 9.36. The summed E-state index contributed by atoms with van der Waals surface area (Å²) in [6.07, 6.45) is 0.671. The Morgan fingerprint density at radius 2 is 1.73 bits per heavy atom. The van der Waals surface area contributed by atoms with Gasteiger partial charge in [0, 0.05) is 6.04 Å². The summed E-state index contributed by atoms with van der Waals surface area (Å²) in [7, 11) is 0. The second kappa shape index (κ2) is 4.96. The molecule has 0 bridgehead atoms. The second-order valence-corrected chi connectivity index (χ2v) is 3.92. The molecule has 0 saturated carbocycles. The number of rotatable bonds is 3. The summed E-state index contributed by atoms with van der Waals surface area (Å²) in [4.78, 5) is 0. The molecule has 11 heavy (non-hydrogen) atoms. The highest BCUT2D eigenvalue weighted by molar-refractivity contribution is 5.85. The van der Waals surface area contributed by atoms with Gasteiger partial charge in [0.2, 0.25) is 0 Å². The zero-order valence-corrected chi connectivity index (χ0v) is 8.61. The third kappa shape index (κ3) is 8.11. The molecule has 0 aliphatic rings. The Hall–Kier alpha value is 0.210. The van der Waals surface area contributed by atoms with E-state index in [0.29, 0.717) is 12.3 Å². The SMILES string of the molecule is CC(C)[C@H](N)CC(C)(C)O.Cl. The van der Waals surface area contributed by atoms with Crippen LogP contribution in [0.5, 0.6) is 0 Å². The topological polar surface area (TPSA) is 46.2 Å². The molecular weight excluding hydrogens is 162 g/mol. The van der Waals surface area contributed by atoms with Crippen molar-refractivity contribution in [3.05, 3.63) is 0 Å². The highest BCUT2D eigenvalue weighted by Crippen LogP contribution is 2.13. The molecule has 0 unspecified atom stereocenters. The van der Waals surface area contributed by atoms with Gasteiger partial charge in [-0.05, 0) is 26.2 Å². The van der Waals surface area contributed by atoms with Crippen molar-refractivity contribution in [2.75, 3.05) is 0 Å². The minimum Gasteiger partial charge on any atom is -0.390 e. The van der Waals surface area contributed by atoms with E-state index in [1.54, 1.807) is 13.8 Å². The van der Waals surface area contributed by atoms with Gasteiger partial charge in [0.25, 0.3) is 0 Å². The Bertz CT molecular complexity index is 98.8. The Labute approximate surface area is 75.6 Å². The summed E-state index contributed by atoms with van der Waals surface area (Å²) in [5.41, 5.74) is 5.12. The van der Waals surface area contributed by atoms with Crippen LogP contribution in [-0.4, -0.2) is 16.7 Å². The Kier molecular flexibility index (Phi) is 6.22. The fourth-order valence-electron chi connectivity index (χ4n) is 0.813. The molecular formula is C8H20ClNO. The lowest BCUT2D eigenvalue weighted by atomic mass is 9.93. The van der Waals surface area contributed by atoms with Gasteiger partial charge in [0.15, 0.2) is 0 Å². The summed E-state index contributed by atoms with van der Waals surface area (Å²) in [5, 5.41) is 9.36. The largest absolute Gasteiger partial charge is 0.390 e. The molecule has 0 saturated heterocycles. The first-order chi connectivity index (χ1) is 4.33. The molecule has 3 heteroatoms. The van der Waals surface area contributed by atoms with Gasteiger partial charge in [0.1, 0.15) is 0 Å². The van der Waals surface area contributed by atoms with E-state index in [1.165, 1.54) is 0 Å². The third-order valence-corrected chi connectivity index (χ3v) is 1.59. The molecule has 0 heterocycles. The number of nitrogens with two attached hydrogens (primary N) is 1. The van der Waals surface area contributed by atoms with Crippen LogP contribution >= 0.6 is 12.4 Å². The van der Waals surface area contributed by atoms with Crippen LogP contribution in [0.4, 0.5) is 0 Å². The Morgan fingerprint density at radius 3 is 1.82 bits per heavy atom. The molecule has 0 aromatic heterocycles. The van der Waals surface area contributed by atoms with Crippen LogP contribution in [0, 0.1) is 5.92 Å². The van der Waals surface area contributed by atoms with Crippen LogP contribution in [0.15, 0.2) is 0 Å². The molecule has 2 nitrogen and oxygen atoms in total. The van der Waals surface area contributed by atoms with Crippen molar-refractivity contribution in [3.8, 4) is 0 Å². The lowest BCUT2D eigenvalue weighted by Crippen LogP contribution is -2.35. The maximum Gasteiger partial charge on any atom is 0.0606 e. The van der Waals surface area contributed by atoms with Crippen LogP contribution < -0.4 is 5.73 Å². The molecule has 0 rings (SSSR count). The first-order valence-electron chi connectivity index (χ1n) is 3.81. The van der Waals surface area contributed by atoms with Crippen LogP contribution in [0.25, 0.3) is 0 Å². The summed E-state index contributed by atoms with van der Waals surface area (Å²) in [6.45, 7) is 7.71. The average molecular weight is 182 g/mol. The number of hydrogen-bond acceptors (Lipinski definition) is 2. The van der Waals surface area contributed by atoms with Crippen molar-refractivity contribution in [1.82, 2.24) is 0 Å². The average Bonchev–Trinajstić information content (AvgIpc) is 1.60. The lowest BCUT2D eigenvalue weighted by molar-refractivity contribution is 0.0585. The standard InChI is InChI=1S/C8H19NO.ClH/c1-6(2)7(9)5-8(3,4)10;/h6-7,10H,5,9H2,1-4H3;1H/t7-;/m1./s1. The Balaban J connectivity index is 0. The molecule has 0 radical (unpaired) electrons. The summed E-state index contributed by atoms with van der Waals surface area (Å²) in [5.74, 6) is 0.450. The van der Waals surface area contributed by atoms with Gasteiger partial charge in [-0.15, -0.1) is 12.4 Å². The third-order valence-electron chi connectivity index (χ3n) is 1.59. The van der Waals surface area contributed by atoms with E-state index >= 15 is 0 Å². The minimum absolute atomic E-state index is 0. The molecule has 0 aliphatic heterocycles. The van der Waals surface area contributed by atoms with E-state index < -0.39 is 5.60 Å². The highest BCUT2D eigenvalue weighted by atomic mass is 35.5. The molecule has 0 aromatic rings. The van der Waals surface area contributed by atoms with Crippen molar-refractivity contribution < 1.29 is 5.11 Å². The van der Waals surface area contributed by atoms with Crippen molar-refractivity contribution in [2.45, 2.75) is 45.8 Å². The van der Waals surface area contributed by atoms with E-state index in [1.807, 2.05) is 0 Å². The van der Waals surface area contributed by atoms with E-state index in [0.717, 1.165) is 0 Å². The predicted octanol–water partition coefficient (Wildman–Crippen LogP) is 1.55. The van der Waals surface area contributed by atoms with Gasteiger partial charge in [0.05, 0.1) is 5.60 Å². The Morgan fingerprint density at radius 1 is 1.36 bits per heavy atom. The number of hydrogen-bond donors (Lipinski definition) is 2. The van der Waals surface area contributed by atoms with Crippen LogP contribution in [0.2, 0.25) is 0 Å². The fourth-order valence-corrected chi connectivity index (χ4v) is 0.813. The molecule has 0 aliphatic carbocycles. The van der Waals surface area contributed by atoms with E-state index in [9.17, 15) is 5.11 Å². The van der Waals surface area contributed by atoms with Crippen molar-refractivity contribution in [1.29, 1.82) is 0 Å². The van der Waals surface area contributed by atoms with Gasteiger partial charge >= 0.3 is 0 Å². The zero-order chi connectivity index (χ0) is 8.36. The van der Waals surface area contributed by atoms with Crippen LogP contribution in [-0.2, 0) is 0 Å². The second-order valence-electron chi connectivity index (χ2n) is 3.92. The molecule has 0 aromatic carbocycles. The van der Waals surface area contributed by atoms with Crippen molar-refractivity contribution >= 4 is 12.4 Å². The van der Waals surface area contributed by atoms with E-state index in [2.05, 4.69) is 13.8 Å². The smallest absolute Gasteiger partial charge is 0.0606 e. The first kappa shape index (κ1) is 13.8. The molecule has 0 fully saturated rings. The molecule has 0 spiro atoms. The highest BCUT2D eigenvalue weighted by Gasteiger charge is 2.19. The quantitative estimate of drug-likeness (QED) is 0.694. The molecule has 0 amide bonds. The normalized spacial score (nSPS) is 14.5. The monoisotopic (exact) mass is 181 g/mol. The van der Waals surface area contributed by atoms with E-state index in [4.69, 9.17) is 5.73 Å².